The minimum Gasteiger partial charge on any atom is -0.493 e. The van der Waals surface area contributed by atoms with Crippen LogP contribution in [0.5, 0.6) is 17.2 Å². The Morgan fingerprint density at radius 3 is 2.70 bits per heavy atom. The van der Waals surface area contributed by atoms with Crippen molar-refractivity contribution in [2.75, 3.05) is 38.9 Å². The van der Waals surface area contributed by atoms with Crippen molar-refractivity contribution >= 4 is 15.7 Å². The molecule has 23 heavy (non-hydrogen) atoms. The molecule has 0 aromatic heterocycles. The molecule has 0 bridgehead atoms. The van der Waals surface area contributed by atoms with Crippen molar-refractivity contribution in [3.63, 3.8) is 0 Å². The second kappa shape index (κ2) is 5.92. The maximum atomic E-state index is 12.7. The molecule has 0 radical (unpaired) electrons. The molecule has 1 aromatic rings. The van der Waals surface area contributed by atoms with E-state index >= 15 is 0 Å². The second-order valence-corrected chi connectivity index (χ2v) is 7.90. The molecule has 1 amide bonds. The van der Waals surface area contributed by atoms with Crippen LogP contribution in [0.2, 0.25) is 0 Å². The highest BCUT2D eigenvalue weighted by molar-refractivity contribution is 7.91. The van der Waals surface area contributed by atoms with E-state index in [1.54, 1.807) is 19.2 Å². The lowest BCUT2D eigenvalue weighted by Gasteiger charge is -2.25. The highest BCUT2D eigenvalue weighted by Crippen LogP contribution is 2.40. The highest BCUT2D eigenvalue weighted by Gasteiger charge is 2.33. The summed E-state index contributed by atoms with van der Waals surface area (Å²) < 4.78 is 39.5. The lowest BCUT2D eigenvalue weighted by Crippen LogP contribution is -2.37. The first-order chi connectivity index (χ1) is 10.9. The van der Waals surface area contributed by atoms with E-state index in [1.807, 2.05) is 0 Å². The first kappa shape index (κ1) is 15.9. The summed E-state index contributed by atoms with van der Waals surface area (Å²) >= 11 is 0. The second-order valence-electron chi connectivity index (χ2n) is 5.68. The normalized spacial score (nSPS) is 21.7. The Morgan fingerprint density at radius 1 is 1.30 bits per heavy atom. The number of carbonyl (C=O) groups is 1. The molecule has 0 spiro atoms. The van der Waals surface area contributed by atoms with Gasteiger partial charge in [-0.3, -0.25) is 4.79 Å². The lowest BCUT2D eigenvalue weighted by atomic mass is 10.1. The molecule has 126 valence electrons. The van der Waals surface area contributed by atoms with Crippen molar-refractivity contribution in [2.45, 2.75) is 12.5 Å². The van der Waals surface area contributed by atoms with Crippen molar-refractivity contribution in [3.05, 3.63) is 17.7 Å². The van der Waals surface area contributed by atoms with E-state index in [0.29, 0.717) is 42.4 Å². The largest absolute Gasteiger partial charge is 0.493 e. The summed E-state index contributed by atoms with van der Waals surface area (Å²) in [7, 11) is 0.0706. The molecule has 2 aliphatic heterocycles. The smallest absolute Gasteiger partial charge is 0.254 e. The van der Waals surface area contributed by atoms with E-state index in [0.717, 1.165) is 0 Å². The fourth-order valence-electron chi connectivity index (χ4n) is 2.85. The van der Waals surface area contributed by atoms with Crippen LogP contribution in [0.3, 0.4) is 0 Å². The molecule has 8 heteroatoms. The zero-order valence-electron chi connectivity index (χ0n) is 13.1. The Balaban J connectivity index is 1.87. The van der Waals surface area contributed by atoms with Crippen molar-refractivity contribution in [2.24, 2.45) is 0 Å². The average Bonchev–Trinajstić information content (AvgIpc) is 2.92. The summed E-state index contributed by atoms with van der Waals surface area (Å²) in [5.74, 6) is 1.25. The van der Waals surface area contributed by atoms with Gasteiger partial charge in [0.25, 0.3) is 5.91 Å². The summed E-state index contributed by atoms with van der Waals surface area (Å²) in [6.07, 6.45) is 0.465. The highest BCUT2D eigenvalue weighted by atomic mass is 32.2. The topological polar surface area (TPSA) is 82.1 Å². The van der Waals surface area contributed by atoms with Gasteiger partial charge in [0.05, 0.1) is 18.6 Å². The average molecular weight is 341 g/mol. The van der Waals surface area contributed by atoms with Crippen LogP contribution >= 0.6 is 0 Å². The van der Waals surface area contributed by atoms with Crippen molar-refractivity contribution in [3.8, 4) is 17.2 Å². The molecule has 2 aliphatic rings. The van der Waals surface area contributed by atoms with Gasteiger partial charge in [0, 0.05) is 18.7 Å². The fraction of sp³-hybridized carbons (Fsp3) is 0.533. The molecular formula is C15H19NO6S. The Morgan fingerprint density at radius 2 is 2.04 bits per heavy atom. The van der Waals surface area contributed by atoms with Gasteiger partial charge in [-0.15, -0.1) is 0 Å². The first-order valence-electron chi connectivity index (χ1n) is 7.36. The van der Waals surface area contributed by atoms with E-state index in [9.17, 15) is 13.2 Å². The molecule has 1 saturated heterocycles. The number of fused-ring (bicyclic) bond motifs is 1. The lowest BCUT2D eigenvalue weighted by molar-refractivity contribution is 0.0746. The van der Waals surface area contributed by atoms with Gasteiger partial charge in [-0.2, -0.15) is 0 Å². The summed E-state index contributed by atoms with van der Waals surface area (Å²) in [5, 5.41) is 0. The maximum absolute atomic E-state index is 12.7. The predicted molar refractivity (Wildman–Crippen MR) is 83.1 cm³/mol. The van der Waals surface area contributed by atoms with Gasteiger partial charge < -0.3 is 19.1 Å². The van der Waals surface area contributed by atoms with E-state index in [2.05, 4.69) is 0 Å². The summed E-state index contributed by atoms with van der Waals surface area (Å²) in [6, 6.07) is 2.90. The Bertz CT molecular complexity index is 712. The molecule has 1 aromatic carbocycles. The monoisotopic (exact) mass is 341 g/mol. The third-order valence-corrected chi connectivity index (χ3v) is 5.90. The van der Waals surface area contributed by atoms with Gasteiger partial charge in [-0.25, -0.2) is 8.42 Å². The van der Waals surface area contributed by atoms with Crippen LogP contribution in [0, 0.1) is 0 Å². The number of methoxy groups -OCH3 is 1. The van der Waals surface area contributed by atoms with Gasteiger partial charge in [-0.05, 0) is 18.6 Å². The first-order valence-corrected chi connectivity index (χ1v) is 9.18. The third kappa shape index (κ3) is 3.08. The van der Waals surface area contributed by atoms with Gasteiger partial charge >= 0.3 is 0 Å². The number of rotatable bonds is 3. The van der Waals surface area contributed by atoms with Crippen LogP contribution in [-0.4, -0.2) is 64.1 Å². The molecule has 2 heterocycles. The molecule has 1 atom stereocenters. The number of hydrogen-bond donors (Lipinski definition) is 0. The summed E-state index contributed by atoms with van der Waals surface area (Å²) in [4.78, 5) is 14.2. The molecule has 7 nitrogen and oxygen atoms in total. The van der Waals surface area contributed by atoms with Gasteiger partial charge in [0.2, 0.25) is 5.75 Å². The molecule has 0 aliphatic carbocycles. The number of nitrogens with zero attached hydrogens (tertiary/aromatic N) is 1. The third-order valence-electron chi connectivity index (χ3n) is 4.15. The van der Waals surface area contributed by atoms with Crippen LogP contribution in [0.25, 0.3) is 0 Å². The van der Waals surface area contributed by atoms with Crippen LogP contribution in [0.4, 0.5) is 0 Å². The van der Waals surface area contributed by atoms with Gasteiger partial charge in [0.15, 0.2) is 21.3 Å². The Labute approximate surface area is 135 Å². The van der Waals surface area contributed by atoms with Crippen LogP contribution in [0.1, 0.15) is 16.8 Å². The molecule has 1 fully saturated rings. The van der Waals surface area contributed by atoms with Crippen molar-refractivity contribution in [1.29, 1.82) is 0 Å². The SMILES string of the molecule is COc1cc(C(=O)N(C)C2CCS(=O)(=O)C2)cc2c1OCCO2. The molecule has 0 N–H and O–H groups in total. The molecule has 3 rings (SSSR count). The van der Waals surface area contributed by atoms with Crippen molar-refractivity contribution < 1.29 is 27.4 Å². The van der Waals surface area contributed by atoms with E-state index < -0.39 is 9.84 Å². The van der Waals surface area contributed by atoms with Crippen molar-refractivity contribution in [1.82, 2.24) is 4.90 Å². The molecule has 0 saturated carbocycles. The number of ether oxygens (including phenoxy) is 3. The van der Waals surface area contributed by atoms with E-state index in [-0.39, 0.29) is 23.5 Å². The number of hydrogen-bond acceptors (Lipinski definition) is 6. The van der Waals surface area contributed by atoms with Gasteiger partial charge in [0.1, 0.15) is 13.2 Å². The standard InChI is InChI=1S/C15H19NO6S/c1-16(11-3-6-23(18,19)9-11)15(17)10-7-12(20-2)14-13(8-10)21-4-5-22-14/h7-8,11H,3-6,9H2,1-2H3. The van der Waals surface area contributed by atoms with Crippen LogP contribution in [-0.2, 0) is 9.84 Å². The number of benzene rings is 1. The number of sulfone groups is 1. The minimum atomic E-state index is -3.05. The quantitative estimate of drug-likeness (QED) is 0.806. The van der Waals surface area contributed by atoms with E-state index in [1.165, 1.54) is 12.0 Å². The number of amides is 1. The Kier molecular flexibility index (Phi) is 4.09. The zero-order chi connectivity index (χ0) is 16.6. The van der Waals surface area contributed by atoms with E-state index in [4.69, 9.17) is 14.2 Å². The Hall–Kier alpha value is -1.96. The molecular weight excluding hydrogens is 322 g/mol. The summed E-state index contributed by atoms with van der Waals surface area (Å²) in [5.41, 5.74) is 0.387. The minimum absolute atomic E-state index is 0.0108. The summed E-state index contributed by atoms with van der Waals surface area (Å²) in [6.45, 7) is 0.834. The molecule has 1 unspecified atom stereocenters. The predicted octanol–water partition coefficient (Wildman–Crippen LogP) is 0.726. The maximum Gasteiger partial charge on any atom is 0.254 e. The zero-order valence-corrected chi connectivity index (χ0v) is 13.9. The number of carbonyl (C=O) groups excluding carboxylic acids is 1. The van der Waals surface area contributed by atoms with Gasteiger partial charge in [-0.1, -0.05) is 0 Å². The van der Waals surface area contributed by atoms with Crippen LogP contribution < -0.4 is 14.2 Å². The van der Waals surface area contributed by atoms with Crippen LogP contribution in [0.15, 0.2) is 12.1 Å². The fourth-order valence-corrected chi connectivity index (χ4v) is 4.62.